The van der Waals surface area contributed by atoms with Crippen LogP contribution in [-0.2, 0) is 0 Å². The molecule has 0 fully saturated rings. The molecule has 0 aromatic carbocycles. The van der Waals surface area contributed by atoms with Crippen LogP contribution in [0.1, 0.15) is 39.4 Å². The van der Waals surface area contributed by atoms with Crippen LogP contribution in [0, 0.1) is 5.92 Å². The molecule has 1 heterocycles. The average Bonchev–Trinajstić information content (AvgIpc) is 2.83. The van der Waals surface area contributed by atoms with E-state index in [1.807, 2.05) is 23.0 Å². The largest absolute Gasteiger partial charge is 0.249 e. The van der Waals surface area contributed by atoms with Crippen LogP contribution < -0.4 is 0 Å². The van der Waals surface area contributed by atoms with Crippen LogP contribution in [0.5, 0.6) is 0 Å². The van der Waals surface area contributed by atoms with Gasteiger partial charge in [0.05, 0.1) is 6.20 Å². The number of rotatable bonds is 6. The van der Waals surface area contributed by atoms with E-state index in [1.54, 1.807) is 6.08 Å². The topological polar surface area (TPSA) is 30.7 Å². The third-order valence-corrected chi connectivity index (χ3v) is 2.86. The summed E-state index contributed by atoms with van der Waals surface area (Å²) in [6, 6.07) is 0.305. The second kappa shape index (κ2) is 6.88. The van der Waals surface area contributed by atoms with Gasteiger partial charge in [0.2, 0.25) is 0 Å². The summed E-state index contributed by atoms with van der Waals surface area (Å²) in [5.41, 5.74) is 3.03. The first kappa shape index (κ1) is 15.2. The molecule has 0 amide bonds. The standard InChI is InChI=1S/C16H23N3/c1-7-9-15(10-14(8-2)12(3)4)16-11-19(13(5)6)18-17-16/h7-13H,1-2H2,3-6H3/b14-10+,15-9+. The molecule has 3 heteroatoms. The van der Waals surface area contributed by atoms with Gasteiger partial charge in [0.15, 0.2) is 0 Å². The Labute approximate surface area is 116 Å². The van der Waals surface area contributed by atoms with E-state index in [9.17, 15) is 0 Å². The fourth-order valence-electron chi connectivity index (χ4n) is 1.64. The maximum Gasteiger partial charge on any atom is 0.113 e. The van der Waals surface area contributed by atoms with Gasteiger partial charge in [0.25, 0.3) is 0 Å². The fraction of sp³-hybridized carbons (Fsp3) is 0.375. The Balaban J connectivity index is 3.17. The summed E-state index contributed by atoms with van der Waals surface area (Å²) in [5, 5.41) is 8.35. The van der Waals surface area contributed by atoms with Crippen LogP contribution in [0.3, 0.4) is 0 Å². The number of hydrogen-bond acceptors (Lipinski definition) is 2. The first-order valence-electron chi connectivity index (χ1n) is 6.58. The highest BCUT2D eigenvalue weighted by molar-refractivity contribution is 5.73. The Hall–Kier alpha value is -1.90. The van der Waals surface area contributed by atoms with Gasteiger partial charge in [0, 0.05) is 11.6 Å². The maximum absolute atomic E-state index is 4.22. The zero-order chi connectivity index (χ0) is 14.4. The summed E-state index contributed by atoms with van der Waals surface area (Å²) in [4.78, 5) is 0. The molecule has 0 bridgehead atoms. The summed E-state index contributed by atoms with van der Waals surface area (Å²) in [5.74, 6) is 0.422. The van der Waals surface area contributed by atoms with Gasteiger partial charge in [-0.3, -0.25) is 0 Å². The zero-order valence-corrected chi connectivity index (χ0v) is 12.3. The molecule has 0 aliphatic carbocycles. The lowest BCUT2D eigenvalue weighted by molar-refractivity contribution is 0.514. The van der Waals surface area contributed by atoms with Crippen LogP contribution in [0.2, 0.25) is 0 Å². The lowest BCUT2D eigenvalue weighted by Gasteiger charge is -2.07. The van der Waals surface area contributed by atoms with Gasteiger partial charge in [-0.05, 0) is 31.4 Å². The molecule has 0 unspecified atom stereocenters. The first-order chi connectivity index (χ1) is 8.99. The van der Waals surface area contributed by atoms with Crippen molar-refractivity contribution in [1.29, 1.82) is 0 Å². The molecule has 1 rings (SSSR count). The molecular weight excluding hydrogens is 234 g/mol. The Morgan fingerprint density at radius 2 is 1.95 bits per heavy atom. The molecule has 19 heavy (non-hydrogen) atoms. The van der Waals surface area contributed by atoms with Gasteiger partial charge < -0.3 is 0 Å². The van der Waals surface area contributed by atoms with Crippen LogP contribution in [-0.4, -0.2) is 15.0 Å². The minimum absolute atomic E-state index is 0.305. The molecule has 0 aliphatic rings. The van der Waals surface area contributed by atoms with Crippen molar-refractivity contribution in [1.82, 2.24) is 15.0 Å². The van der Waals surface area contributed by atoms with Gasteiger partial charge in [-0.25, -0.2) is 4.68 Å². The monoisotopic (exact) mass is 257 g/mol. The number of nitrogens with zero attached hydrogens (tertiary/aromatic N) is 3. The lowest BCUT2D eigenvalue weighted by Crippen LogP contribution is -2.00. The molecule has 102 valence electrons. The minimum Gasteiger partial charge on any atom is -0.249 e. The van der Waals surface area contributed by atoms with Gasteiger partial charge in [0.1, 0.15) is 5.69 Å². The molecule has 0 aliphatic heterocycles. The van der Waals surface area contributed by atoms with Crippen LogP contribution >= 0.6 is 0 Å². The van der Waals surface area contributed by atoms with E-state index in [0.29, 0.717) is 12.0 Å². The highest BCUT2D eigenvalue weighted by Crippen LogP contribution is 2.20. The third kappa shape index (κ3) is 4.05. The van der Waals surface area contributed by atoms with Crippen LogP contribution in [0.25, 0.3) is 5.57 Å². The Morgan fingerprint density at radius 1 is 1.26 bits per heavy atom. The van der Waals surface area contributed by atoms with Gasteiger partial charge >= 0.3 is 0 Å². The summed E-state index contributed by atoms with van der Waals surface area (Å²) < 4.78 is 1.85. The molecule has 0 atom stereocenters. The quantitative estimate of drug-likeness (QED) is 0.715. The average molecular weight is 257 g/mol. The molecule has 3 nitrogen and oxygen atoms in total. The van der Waals surface area contributed by atoms with Gasteiger partial charge in [-0.15, -0.1) is 5.10 Å². The van der Waals surface area contributed by atoms with E-state index < -0.39 is 0 Å². The molecule has 0 N–H and O–H groups in total. The molecule has 0 radical (unpaired) electrons. The van der Waals surface area contributed by atoms with E-state index in [2.05, 4.69) is 57.2 Å². The summed E-state index contributed by atoms with van der Waals surface area (Å²) in [6.07, 6.45) is 9.64. The predicted molar refractivity (Wildman–Crippen MR) is 81.7 cm³/mol. The van der Waals surface area contributed by atoms with Gasteiger partial charge in [-0.2, -0.15) is 0 Å². The zero-order valence-electron chi connectivity index (χ0n) is 12.3. The fourth-order valence-corrected chi connectivity index (χ4v) is 1.64. The predicted octanol–water partition coefficient (Wildman–Crippen LogP) is 4.20. The number of allylic oxidation sites excluding steroid dienone is 6. The van der Waals surface area contributed by atoms with Gasteiger partial charge in [-0.1, -0.05) is 50.4 Å². The van der Waals surface area contributed by atoms with Crippen molar-refractivity contribution in [3.8, 4) is 0 Å². The number of aromatic nitrogens is 3. The Morgan fingerprint density at radius 3 is 2.37 bits per heavy atom. The van der Waals surface area contributed by atoms with E-state index in [1.165, 1.54) is 5.57 Å². The smallest absolute Gasteiger partial charge is 0.113 e. The maximum atomic E-state index is 4.22. The van der Waals surface area contributed by atoms with Crippen molar-refractivity contribution in [3.63, 3.8) is 0 Å². The van der Waals surface area contributed by atoms with E-state index in [-0.39, 0.29) is 0 Å². The number of hydrogen-bond donors (Lipinski definition) is 0. The minimum atomic E-state index is 0.305. The molecule has 0 spiro atoms. The van der Waals surface area contributed by atoms with Crippen molar-refractivity contribution < 1.29 is 0 Å². The molecule has 0 saturated heterocycles. The van der Waals surface area contributed by atoms with E-state index >= 15 is 0 Å². The van der Waals surface area contributed by atoms with Crippen molar-refractivity contribution in [2.75, 3.05) is 0 Å². The SMILES string of the molecule is C=C/C=C(\C=C(/C=C)C(C)C)c1cn(C(C)C)nn1. The van der Waals surface area contributed by atoms with Crippen molar-refractivity contribution in [3.05, 3.63) is 54.9 Å². The molecule has 0 saturated carbocycles. The van der Waals surface area contributed by atoms with Crippen molar-refractivity contribution in [2.24, 2.45) is 5.92 Å². The van der Waals surface area contributed by atoms with E-state index in [4.69, 9.17) is 0 Å². The molecular formula is C16H23N3. The Kier molecular flexibility index (Phi) is 5.49. The second-order valence-electron chi connectivity index (χ2n) is 5.04. The molecule has 1 aromatic rings. The summed E-state index contributed by atoms with van der Waals surface area (Å²) in [7, 11) is 0. The highest BCUT2D eigenvalue weighted by Gasteiger charge is 2.08. The van der Waals surface area contributed by atoms with E-state index in [0.717, 1.165) is 11.3 Å². The van der Waals surface area contributed by atoms with Crippen LogP contribution in [0.15, 0.2) is 49.2 Å². The Bertz CT molecular complexity index is 502. The molecule has 1 aromatic heterocycles. The third-order valence-electron chi connectivity index (χ3n) is 2.86. The summed E-state index contributed by atoms with van der Waals surface area (Å²) >= 11 is 0. The van der Waals surface area contributed by atoms with Crippen LogP contribution in [0.4, 0.5) is 0 Å². The second-order valence-corrected chi connectivity index (χ2v) is 5.04. The van der Waals surface area contributed by atoms with Crippen molar-refractivity contribution in [2.45, 2.75) is 33.7 Å². The highest BCUT2D eigenvalue weighted by atomic mass is 15.4. The van der Waals surface area contributed by atoms with Crippen molar-refractivity contribution >= 4 is 5.57 Å². The summed E-state index contributed by atoms with van der Waals surface area (Å²) in [6.45, 7) is 16.1. The first-order valence-corrected chi connectivity index (χ1v) is 6.58. The lowest BCUT2D eigenvalue weighted by atomic mass is 9.99. The normalized spacial score (nSPS) is 13.2.